The predicted molar refractivity (Wildman–Crippen MR) is 132 cm³/mol. The van der Waals surface area contributed by atoms with Gasteiger partial charge in [-0.1, -0.05) is 95.3 Å². The van der Waals surface area contributed by atoms with Crippen molar-refractivity contribution in [2.45, 2.75) is 23.8 Å². The molecule has 0 saturated heterocycles. The smallest absolute Gasteiger partial charge is 0.237 e. The zero-order chi connectivity index (χ0) is 21.6. The molecule has 1 atom stereocenters. The van der Waals surface area contributed by atoms with Crippen LogP contribution in [0.1, 0.15) is 13.3 Å². The van der Waals surface area contributed by atoms with Crippen LogP contribution >= 0.6 is 27.7 Å². The Balaban J connectivity index is 1.60. The lowest BCUT2D eigenvalue weighted by Gasteiger charge is -2.13. The van der Waals surface area contributed by atoms with E-state index in [-0.39, 0.29) is 11.2 Å². The zero-order valence-corrected chi connectivity index (χ0v) is 19.4. The van der Waals surface area contributed by atoms with E-state index in [9.17, 15) is 4.79 Å². The summed E-state index contributed by atoms with van der Waals surface area (Å²) < 4.78 is 0.976. The van der Waals surface area contributed by atoms with Gasteiger partial charge in [0.05, 0.1) is 16.6 Å². The molecule has 1 heterocycles. The van der Waals surface area contributed by atoms with Crippen molar-refractivity contribution in [3.8, 4) is 22.5 Å². The Labute approximate surface area is 194 Å². The fourth-order valence-electron chi connectivity index (χ4n) is 3.24. The van der Waals surface area contributed by atoms with Crippen LogP contribution in [-0.2, 0) is 4.79 Å². The second kappa shape index (κ2) is 9.98. The standard InChI is InChI=1S/C25H22BrN3OS/c1-2-21(24(30)27-20-15-13-19(26)14-16-20)31-25-28-22(17-9-5-3-6-10-17)23(29-25)18-11-7-4-8-12-18/h3-16,21H,2H2,1H3,(H,27,30)(H,28,29). The van der Waals surface area contributed by atoms with Crippen LogP contribution in [-0.4, -0.2) is 21.1 Å². The van der Waals surface area contributed by atoms with Crippen molar-refractivity contribution in [1.82, 2.24) is 9.97 Å². The van der Waals surface area contributed by atoms with Gasteiger partial charge in [-0.2, -0.15) is 0 Å². The minimum absolute atomic E-state index is 0.0336. The lowest BCUT2D eigenvalue weighted by atomic mass is 10.1. The van der Waals surface area contributed by atoms with Crippen molar-refractivity contribution in [3.05, 3.63) is 89.4 Å². The van der Waals surface area contributed by atoms with E-state index in [1.165, 1.54) is 11.8 Å². The van der Waals surface area contributed by atoms with Crippen molar-refractivity contribution in [1.29, 1.82) is 0 Å². The summed E-state index contributed by atoms with van der Waals surface area (Å²) in [6, 6.07) is 27.8. The Morgan fingerprint density at radius 2 is 1.58 bits per heavy atom. The van der Waals surface area contributed by atoms with Crippen molar-refractivity contribution >= 4 is 39.3 Å². The Kier molecular flexibility index (Phi) is 6.89. The van der Waals surface area contributed by atoms with Gasteiger partial charge in [0.1, 0.15) is 0 Å². The minimum Gasteiger partial charge on any atom is -0.332 e. The van der Waals surface area contributed by atoms with Crippen LogP contribution in [0.25, 0.3) is 22.5 Å². The molecule has 3 aromatic carbocycles. The van der Waals surface area contributed by atoms with E-state index in [2.05, 4.69) is 50.5 Å². The number of amides is 1. The molecule has 0 aliphatic rings. The average molecular weight is 492 g/mol. The van der Waals surface area contributed by atoms with Gasteiger partial charge >= 0.3 is 0 Å². The van der Waals surface area contributed by atoms with Crippen molar-refractivity contribution in [3.63, 3.8) is 0 Å². The molecule has 4 nitrogen and oxygen atoms in total. The summed E-state index contributed by atoms with van der Waals surface area (Å²) in [6.45, 7) is 2.01. The van der Waals surface area contributed by atoms with Crippen LogP contribution in [0, 0.1) is 0 Å². The number of aromatic nitrogens is 2. The number of carbonyl (C=O) groups excluding carboxylic acids is 1. The predicted octanol–water partition coefficient (Wildman–Crippen LogP) is 7.02. The van der Waals surface area contributed by atoms with E-state index < -0.39 is 0 Å². The Hall–Kier alpha value is -2.83. The highest BCUT2D eigenvalue weighted by molar-refractivity contribution is 9.10. The third-order valence-corrected chi connectivity index (χ3v) is 6.60. The second-order valence-corrected chi connectivity index (χ2v) is 9.12. The normalized spacial score (nSPS) is 11.8. The first-order valence-electron chi connectivity index (χ1n) is 10.1. The largest absolute Gasteiger partial charge is 0.332 e. The molecular formula is C25H22BrN3OS. The van der Waals surface area contributed by atoms with Crippen LogP contribution in [0.3, 0.4) is 0 Å². The Bertz CT molecular complexity index is 1090. The third kappa shape index (κ3) is 5.27. The van der Waals surface area contributed by atoms with Gasteiger partial charge in [-0.3, -0.25) is 4.79 Å². The van der Waals surface area contributed by atoms with Gasteiger partial charge in [-0.05, 0) is 30.7 Å². The van der Waals surface area contributed by atoms with Gasteiger partial charge in [0.15, 0.2) is 5.16 Å². The van der Waals surface area contributed by atoms with Gasteiger partial charge in [0.2, 0.25) is 5.91 Å². The molecule has 0 aliphatic heterocycles. The van der Waals surface area contributed by atoms with E-state index in [0.717, 1.165) is 37.8 Å². The van der Waals surface area contributed by atoms with Gasteiger partial charge < -0.3 is 10.3 Å². The molecule has 0 aliphatic carbocycles. The summed E-state index contributed by atoms with van der Waals surface area (Å²) in [5.41, 5.74) is 4.72. The summed E-state index contributed by atoms with van der Waals surface area (Å²) in [5, 5.41) is 3.47. The Morgan fingerprint density at radius 3 is 2.19 bits per heavy atom. The molecule has 31 heavy (non-hydrogen) atoms. The first kappa shape index (κ1) is 21.4. The number of nitrogens with one attached hydrogen (secondary N) is 2. The lowest BCUT2D eigenvalue weighted by Crippen LogP contribution is -2.24. The highest BCUT2D eigenvalue weighted by atomic mass is 79.9. The SMILES string of the molecule is CCC(Sc1nc(-c2ccccc2)c(-c2ccccc2)[nH]1)C(=O)Nc1ccc(Br)cc1. The fraction of sp³-hybridized carbons (Fsp3) is 0.120. The number of hydrogen-bond acceptors (Lipinski definition) is 3. The zero-order valence-electron chi connectivity index (χ0n) is 17.0. The first-order valence-corrected chi connectivity index (χ1v) is 11.7. The molecular weight excluding hydrogens is 470 g/mol. The van der Waals surface area contributed by atoms with Gasteiger partial charge in [-0.25, -0.2) is 4.98 Å². The molecule has 0 saturated carbocycles. The van der Waals surface area contributed by atoms with Crippen LogP contribution in [0.4, 0.5) is 5.69 Å². The number of benzene rings is 3. The highest BCUT2D eigenvalue weighted by Crippen LogP contribution is 2.34. The van der Waals surface area contributed by atoms with Crippen molar-refractivity contribution in [2.24, 2.45) is 0 Å². The average Bonchev–Trinajstić information content (AvgIpc) is 3.24. The third-order valence-electron chi connectivity index (χ3n) is 4.82. The van der Waals surface area contributed by atoms with Crippen LogP contribution in [0.15, 0.2) is 94.6 Å². The fourth-order valence-corrected chi connectivity index (χ4v) is 4.41. The summed E-state index contributed by atoms with van der Waals surface area (Å²) in [7, 11) is 0. The molecule has 4 aromatic rings. The highest BCUT2D eigenvalue weighted by Gasteiger charge is 2.22. The molecule has 156 valence electrons. The quantitative estimate of drug-likeness (QED) is 0.273. The number of rotatable bonds is 7. The molecule has 0 spiro atoms. The second-order valence-electron chi connectivity index (χ2n) is 7.01. The summed E-state index contributed by atoms with van der Waals surface area (Å²) in [4.78, 5) is 21.2. The molecule has 4 rings (SSSR count). The maximum atomic E-state index is 12.9. The van der Waals surface area contributed by atoms with E-state index in [1.54, 1.807) is 0 Å². The molecule has 1 amide bonds. The maximum absolute atomic E-state index is 12.9. The number of thioether (sulfide) groups is 1. The number of imidazole rings is 1. The summed E-state index contributed by atoms with van der Waals surface area (Å²) >= 11 is 4.87. The summed E-state index contributed by atoms with van der Waals surface area (Å²) in [6.07, 6.45) is 0.690. The van der Waals surface area contributed by atoms with E-state index in [0.29, 0.717) is 6.42 Å². The van der Waals surface area contributed by atoms with Gasteiger partial charge in [0, 0.05) is 21.3 Å². The molecule has 2 N–H and O–H groups in total. The molecule has 6 heteroatoms. The number of hydrogen-bond donors (Lipinski definition) is 2. The van der Waals surface area contributed by atoms with Gasteiger partial charge in [-0.15, -0.1) is 0 Å². The van der Waals surface area contributed by atoms with Crippen molar-refractivity contribution in [2.75, 3.05) is 5.32 Å². The lowest BCUT2D eigenvalue weighted by molar-refractivity contribution is -0.115. The van der Waals surface area contributed by atoms with Crippen molar-refractivity contribution < 1.29 is 4.79 Å². The van der Waals surface area contributed by atoms with E-state index in [4.69, 9.17) is 4.98 Å². The van der Waals surface area contributed by atoms with E-state index in [1.807, 2.05) is 67.6 Å². The maximum Gasteiger partial charge on any atom is 0.237 e. The van der Waals surface area contributed by atoms with Crippen LogP contribution < -0.4 is 5.32 Å². The molecule has 1 aromatic heterocycles. The van der Waals surface area contributed by atoms with E-state index >= 15 is 0 Å². The van der Waals surface area contributed by atoms with Crippen LogP contribution in [0.5, 0.6) is 0 Å². The molecule has 0 fully saturated rings. The molecule has 0 bridgehead atoms. The summed E-state index contributed by atoms with van der Waals surface area (Å²) in [5.74, 6) is -0.0336. The Morgan fingerprint density at radius 1 is 0.968 bits per heavy atom. The number of carbonyl (C=O) groups is 1. The minimum atomic E-state index is -0.262. The molecule has 0 radical (unpaired) electrons. The first-order chi connectivity index (χ1) is 15.1. The number of anilines is 1. The number of nitrogens with zero attached hydrogens (tertiary/aromatic N) is 1. The topological polar surface area (TPSA) is 57.8 Å². The van der Waals surface area contributed by atoms with Gasteiger partial charge in [0.25, 0.3) is 0 Å². The molecule has 1 unspecified atom stereocenters. The number of H-pyrrole nitrogens is 1. The van der Waals surface area contributed by atoms with Crippen LogP contribution in [0.2, 0.25) is 0 Å². The number of aromatic amines is 1. The monoisotopic (exact) mass is 491 g/mol. The number of halogens is 1.